The van der Waals surface area contributed by atoms with E-state index in [1.165, 1.54) is 5.56 Å². The number of aryl methyl sites for hydroxylation is 2. The molecule has 0 spiro atoms. The SMILES string of the molecule is CCOC(=O)N1CCC(NC(=O)c2ccc(C)c(C)c2)CC1. The van der Waals surface area contributed by atoms with Crippen LogP contribution in [0.3, 0.4) is 0 Å². The fourth-order valence-corrected chi connectivity index (χ4v) is 2.57. The van der Waals surface area contributed by atoms with Crippen molar-refractivity contribution in [1.29, 1.82) is 0 Å². The number of carbonyl (C=O) groups is 2. The topological polar surface area (TPSA) is 58.6 Å². The summed E-state index contributed by atoms with van der Waals surface area (Å²) in [5.41, 5.74) is 2.99. The molecule has 2 rings (SSSR count). The molecule has 0 bridgehead atoms. The van der Waals surface area contributed by atoms with Crippen molar-refractivity contribution < 1.29 is 14.3 Å². The van der Waals surface area contributed by atoms with Crippen molar-refractivity contribution in [3.8, 4) is 0 Å². The van der Waals surface area contributed by atoms with Gasteiger partial charge in [-0.3, -0.25) is 4.79 Å². The summed E-state index contributed by atoms with van der Waals surface area (Å²) >= 11 is 0. The molecule has 1 heterocycles. The van der Waals surface area contributed by atoms with E-state index in [2.05, 4.69) is 5.32 Å². The Morgan fingerprint density at radius 1 is 1.23 bits per heavy atom. The van der Waals surface area contributed by atoms with Crippen molar-refractivity contribution in [2.24, 2.45) is 0 Å². The average Bonchev–Trinajstić information content (AvgIpc) is 2.51. The molecule has 0 unspecified atom stereocenters. The summed E-state index contributed by atoms with van der Waals surface area (Å²) in [6, 6.07) is 5.84. The summed E-state index contributed by atoms with van der Waals surface area (Å²) in [7, 11) is 0. The Kier molecular flexibility index (Phi) is 5.41. The van der Waals surface area contributed by atoms with Gasteiger partial charge in [-0.15, -0.1) is 0 Å². The maximum absolute atomic E-state index is 12.3. The Morgan fingerprint density at radius 2 is 1.91 bits per heavy atom. The number of hydrogen-bond donors (Lipinski definition) is 1. The van der Waals surface area contributed by atoms with Crippen molar-refractivity contribution in [2.45, 2.75) is 39.7 Å². The monoisotopic (exact) mass is 304 g/mol. The van der Waals surface area contributed by atoms with Crippen LogP contribution in [0.1, 0.15) is 41.3 Å². The lowest BCUT2D eigenvalue weighted by Gasteiger charge is -2.31. The van der Waals surface area contributed by atoms with Gasteiger partial charge in [-0.05, 0) is 56.9 Å². The maximum Gasteiger partial charge on any atom is 0.409 e. The number of hydrogen-bond acceptors (Lipinski definition) is 3. The summed E-state index contributed by atoms with van der Waals surface area (Å²) in [4.78, 5) is 25.6. The molecular formula is C17H24N2O3. The lowest BCUT2D eigenvalue weighted by Crippen LogP contribution is -2.46. The van der Waals surface area contributed by atoms with Gasteiger partial charge in [0.25, 0.3) is 5.91 Å². The highest BCUT2D eigenvalue weighted by Gasteiger charge is 2.24. The number of piperidine rings is 1. The molecule has 5 nitrogen and oxygen atoms in total. The van der Waals surface area contributed by atoms with Crippen molar-refractivity contribution in [2.75, 3.05) is 19.7 Å². The molecule has 2 amide bonds. The van der Waals surface area contributed by atoms with Crippen molar-refractivity contribution in [3.05, 3.63) is 34.9 Å². The summed E-state index contributed by atoms with van der Waals surface area (Å²) < 4.78 is 4.99. The third kappa shape index (κ3) is 4.00. The second-order valence-corrected chi connectivity index (χ2v) is 5.73. The maximum atomic E-state index is 12.3. The molecule has 22 heavy (non-hydrogen) atoms. The molecule has 1 saturated heterocycles. The Hall–Kier alpha value is -2.04. The van der Waals surface area contributed by atoms with Crippen LogP contribution in [0.15, 0.2) is 18.2 Å². The van der Waals surface area contributed by atoms with E-state index >= 15 is 0 Å². The predicted octanol–water partition coefficient (Wildman–Crippen LogP) is 2.65. The Balaban J connectivity index is 1.86. The zero-order chi connectivity index (χ0) is 16.1. The zero-order valence-corrected chi connectivity index (χ0v) is 13.5. The lowest BCUT2D eigenvalue weighted by atomic mass is 10.0. The van der Waals surface area contributed by atoms with E-state index in [1.807, 2.05) is 32.0 Å². The van der Waals surface area contributed by atoms with E-state index in [1.54, 1.807) is 11.8 Å². The first-order valence-electron chi connectivity index (χ1n) is 7.81. The first-order chi connectivity index (χ1) is 10.5. The molecule has 0 aromatic heterocycles. The molecule has 1 aromatic rings. The van der Waals surface area contributed by atoms with Gasteiger partial charge in [0.1, 0.15) is 0 Å². The molecule has 1 aliphatic rings. The number of nitrogens with zero attached hydrogens (tertiary/aromatic N) is 1. The van der Waals surface area contributed by atoms with Gasteiger partial charge >= 0.3 is 6.09 Å². The fourth-order valence-electron chi connectivity index (χ4n) is 2.57. The molecule has 1 fully saturated rings. The Bertz CT molecular complexity index is 549. The minimum atomic E-state index is -0.263. The number of nitrogens with one attached hydrogen (secondary N) is 1. The highest BCUT2D eigenvalue weighted by molar-refractivity contribution is 5.94. The first-order valence-corrected chi connectivity index (χ1v) is 7.81. The quantitative estimate of drug-likeness (QED) is 0.934. The van der Waals surface area contributed by atoms with Gasteiger partial charge in [0.05, 0.1) is 6.61 Å². The molecule has 1 aliphatic heterocycles. The summed E-state index contributed by atoms with van der Waals surface area (Å²) in [5.74, 6) is -0.0438. The molecule has 0 saturated carbocycles. The van der Waals surface area contributed by atoms with Crippen LogP contribution < -0.4 is 5.32 Å². The van der Waals surface area contributed by atoms with Crippen molar-refractivity contribution in [3.63, 3.8) is 0 Å². The number of amides is 2. The van der Waals surface area contributed by atoms with E-state index in [4.69, 9.17) is 4.74 Å². The van der Waals surface area contributed by atoms with E-state index in [-0.39, 0.29) is 18.0 Å². The van der Waals surface area contributed by atoms with Crippen LogP contribution in [-0.2, 0) is 4.74 Å². The molecular weight excluding hydrogens is 280 g/mol. The van der Waals surface area contributed by atoms with E-state index in [9.17, 15) is 9.59 Å². The average molecular weight is 304 g/mol. The number of rotatable bonds is 3. The van der Waals surface area contributed by atoms with Crippen LogP contribution in [0, 0.1) is 13.8 Å². The van der Waals surface area contributed by atoms with Gasteiger partial charge in [0, 0.05) is 24.7 Å². The summed E-state index contributed by atoms with van der Waals surface area (Å²) in [5, 5.41) is 3.06. The van der Waals surface area contributed by atoms with Crippen LogP contribution in [0.4, 0.5) is 4.79 Å². The zero-order valence-electron chi connectivity index (χ0n) is 13.5. The summed E-state index contributed by atoms with van der Waals surface area (Å²) in [6.45, 7) is 7.47. The van der Waals surface area contributed by atoms with E-state index in [0.29, 0.717) is 25.3 Å². The van der Waals surface area contributed by atoms with Gasteiger partial charge in [0.15, 0.2) is 0 Å². The number of benzene rings is 1. The highest BCUT2D eigenvalue weighted by atomic mass is 16.6. The van der Waals surface area contributed by atoms with Gasteiger partial charge in [-0.1, -0.05) is 6.07 Å². The van der Waals surface area contributed by atoms with Crippen LogP contribution >= 0.6 is 0 Å². The van der Waals surface area contributed by atoms with Crippen LogP contribution in [0.5, 0.6) is 0 Å². The number of ether oxygens (including phenoxy) is 1. The van der Waals surface area contributed by atoms with Crippen molar-refractivity contribution in [1.82, 2.24) is 10.2 Å². The second kappa shape index (κ2) is 7.29. The standard InChI is InChI=1S/C17H24N2O3/c1-4-22-17(21)19-9-7-15(8-10-19)18-16(20)14-6-5-12(2)13(3)11-14/h5-6,11,15H,4,7-10H2,1-3H3,(H,18,20). The van der Waals surface area contributed by atoms with Crippen LogP contribution in [0.25, 0.3) is 0 Å². The second-order valence-electron chi connectivity index (χ2n) is 5.73. The molecule has 120 valence electrons. The van der Waals surface area contributed by atoms with Gasteiger partial charge < -0.3 is 15.0 Å². The van der Waals surface area contributed by atoms with E-state index < -0.39 is 0 Å². The molecule has 0 radical (unpaired) electrons. The van der Waals surface area contributed by atoms with Crippen LogP contribution in [0.2, 0.25) is 0 Å². The predicted molar refractivity (Wildman–Crippen MR) is 85.0 cm³/mol. The largest absolute Gasteiger partial charge is 0.450 e. The number of likely N-dealkylation sites (tertiary alicyclic amines) is 1. The third-order valence-electron chi connectivity index (χ3n) is 4.13. The minimum Gasteiger partial charge on any atom is -0.450 e. The van der Waals surface area contributed by atoms with E-state index in [0.717, 1.165) is 18.4 Å². The van der Waals surface area contributed by atoms with Crippen LogP contribution in [-0.4, -0.2) is 42.6 Å². The minimum absolute atomic E-state index is 0.0438. The molecule has 5 heteroatoms. The highest BCUT2D eigenvalue weighted by Crippen LogP contribution is 2.14. The molecule has 1 N–H and O–H groups in total. The third-order valence-corrected chi connectivity index (χ3v) is 4.13. The first kappa shape index (κ1) is 16.3. The normalized spacial score (nSPS) is 15.5. The van der Waals surface area contributed by atoms with Gasteiger partial charge in [-0.2, -0.15) is 0 Å². The van der Waals surface area contributed by atoms with Crippen molar-refractivity contribution >= 4 is 12.0 Å². The Labute approximate surface area is 131 Å². The van der Waals surface area contributed by atoms with Gasteiger partial charge in [-0.25, -0.2) is 4.79 Å². The smallest absolute Gasteiger partial charge is 0.409 e. The molecule has 0 aliphatic carbocycles. The lowest BCUT2D eigenvalue weighted by molar-refractivity contribution is 0.0860. The fraction of sp³-hybridized carbons (Fsp3) is 0.529. The molecule has 1 aromatic carbocycles. The van der Waals surface area contributed by atoms with Gasteiger partial charge in [0.2, 0.25) is 0 Å². The number of carbonyl (C=O) groups excluding carboxylic acids is 2. The Morgan fingerprint density at radius 3 is 2.50 bits per heavy atom. The summed E-state index contributed by atoms with van der Waals surface area (Å²) in [6.07, 6.45) is 1.26. The molecule has 0 atom stereocenters.